The second kappa shape index (κ2) is 7.38. The largest absolute Gasteiger partial charge is 0.343 e. The van der Waals surface area contributed by atoms with Gasteiger partial charge in [-0.3, -0.25) is 9.59 Å². The molecule has 146 valence electrons. The van der Waals surface area contributed by atoms with E-state index in [1.807, 2.05) is 0 Å². The molecule has 0 heterocycles. The Kier molecular flexibility index (Phi) is 4.92. The average Bonchev–Trinajstić information content (AvgIpc) is 3.24. The topological polar surface area (TPSA) is 58.2 Å². The highest BCUT2D eigenvalue weighted by molar-refractivity contribution is 5.97. The molecule has 2 fully saturated rings. The van der Waals surface area contributed by atoms with Crippen LogP contribution in [-0.2, 0) is 10.3 Å². The number of carbonyl (C=O) groups is 2. The summed E-state index contributed by atoms with van der Waals surface area (Å²) in [6, 6.07) is 13.4. The Morgan fingerprint density at radius 2 is 1.61 bits per heavy atom. The molecule has 4 nitrogen and oxygen atoms in total. The monoisotopic (exact) mass is 380 g/mol. The Labute approximate surface area is 164 Å². The summed E-state index contributed by atoms with van der Waals surface area (Å²) in [6.45, 7) is 2.07. The van der Waals surface area contributed by atoms with Gasteiger partial charge in [-0.05, 0) is 67.1 Å². The molecule has 2 aliphatic rings. The highest BCUT2D eigenvalue weighted by Crippen LogP contribution is 2.39. The van der Waals surface area contributed by atoms with Crippen LogP contribution in [0, 0.1) is 17.7 Å². The van der Waals surface area contributed by atoms with Crippen molar-refractivity contribution in [2.45, 2.75) is 44.6 Å². The quantitative estimate of drug-likeness (QED) is 0.795. The van der Waals surface area contributed by atoms with Gasteiger partial charge >= 0.3 is 0 Å². The van der Waals surface area contributed by atoms with Crippen molar-refractivity contribution >= 4 is 17.5 Å². The van der Waals surface area contributed by atoms with E-state index in [4.69, 9.17) is 0 Å². The number of nitrogens with one attached hydrogen (secondary N) is 2. The average molecular weight is 380 g/mol. The van der Waals surface area contributed by atoms with E-state index in [-0.39, 0.29) is 23.5 Å². The van der Waals surface area contributed by atoms with Crippen LogP contribution in [0.4, 0.5) is 10.1 Å². The van der Waals surface area contributed by atoms with Gasteiger partial charge in [-0.2, -0.15) is 0 Å². The van der Waals surface area contributed by atoms with E-state index in [0.717, 1.165) is 37.7 Å². The molecular formula is C23H25FN2O2. The molecule has 2 saturated carbocycles. The van der Waals surface area contributed by atoms with Gasteiger partial charge < -0.3 is 10.6 Å². The van der Waals surface area contributed by atoms with Crippen molar-refractivity contribution < 1.29 is 14.0 Å². The highest BCUT2D eigenvalue weighted by Gasteiger charge is 2.39. The smallest absolute Gasteiger partial charge is 0.251 e. The van der Waals surface area contributed by atoms with Crippen LogP contribution in [0.15, 0.2) is 48.5 Å². The van der Waals surface area contributed by atoms with Crippen molar-refractivity contribution in [3.05, 3.63) is 65.5 Å². The second-order valence-electron chi connectivity index (χ2n) is 8.14. The number of hydrogen-bond donors (Lipinski definition) is 2. The van der Waals surface area contributed by atoms with E-state index < -0.39 is 5.54 Å². The molecule has 2 aliphatic carbocycles. The fraction of sp³-hybridized carbons (Fsp3) is 0.391. The molecule has 2 N–H and O–H groups in total. The third-order valence-corrected chi connectivity index (χ3v) is 6.07. The summed E-state index contributed by atoms with van der Waals surface area (Å²) >= 11 is 0. The summed E-state index contributed by atoms with van der Waals surface area (Å²) in [4.78, 5) is 24.9. The van der Waals surface area contributed by atoms with Gasteiger partial charge in [-0.15, -0.1) is 0 Å². The minimum absolute atomic E-state index is 0.0471. The molecule has 28 heavy (non-hydrogen) atoms. The zero-order valence-electron chi connectivity index (χ0n) is 16.0. The van der Waals surface area contributed by atoms with E-state index >= 15 is 0 Å². The first-order chi connectivity index (χ1) is 13.5. The number of hydrogen-bond acceptors (Lipinski definition) is 2. The summed E-state index contributed by atoms with van der Waals surface area (Å²) in [7, 11) is 0. The first-order valence-electron chi connectivity index (χ1n) is 9.96. The summed E-state index contributed by atoms with van der Waals surface area (Å²) in [5, 5.41) is 6.10. The first-order valence-corrected chi connectivity index (χ1v) is 9.96. The van der Waals surface area contributed by atoms with Crippen LogP contribution in [0.2, 0.25) is 0 Å². The maximum Gasteiger partial charge on any atom is 0.251 e. The van der Waals surface area contributed by atoms with Crippen LogP contribution in [0.3, 0.4) is 0 Å². The van der Waals surface area contributed by atoms with E-state index in [1.165, 1.54) is 12.1 Å². The zero-order chi connectivity index (χ0) is 19.7. The van der Waals surface area contributed by atoms with Crippen LogP contribution < -0.4 is 10.6 Å². The minimum Gasteiger partial charge on any atom is -0.343 e. The van der Waals surface area contributed by atoms with Crippen molar-refractivity contribution in [3.8, 4) is 0 Å². The third kappa shape index (κ3) is 3.79. The van der Waals surface area contributed by atoms with E-state index in [0.29, 0.717) is 17.2 Å². The normalized spacial score (nSPS) is 22.5. The molecule has 4 rings (SSSR count). The summed E-state index contributed by atoms with van der Waals surface area (Å²) in [5.74, 6) is 0.187. The molecule has 2 unspecified atom stereocenters. The van der Waals surface area contributed by atoms with Crippen LogP contribution >= 0.6 is 0 Å². The number of anilines is 1. The Hall–Kier alpha value is -2.69. The summed E-state index contributed by atoms with van der Waals surface area (Å²) < 4.78 is 13.3. The third-order valence-electron chi connectivity index (χ3n) is 6.07. The number of benzene rings is 2. The van der Waals surface area contributed by atoms with Gasteiger partial charge in [0.1, 0.15) is 5.82 Å². The molecule has 2 aromatic carbocycles. The minimum atomic E-state index is -0.445. The predicted molar refractivity (Wildman–Crippen MR) is 106 cm³/mol. The van der Waals surface area contributed by atoms with Gasteiger partial charge in [0.2, 0.25) is 5.91 Å². The number of amides is 2. The van der Waals surface area contributed by atoms with Crippen molar-refractivity contribution in [2.24, 2.45) is 11.8 Å². The van der Waals surface area contributed by atoms with Crippen LogP contribution in [0.1, 0.15) is 54.9 Å². The maximum absolute atomic E-state index is 13.3. The predicted octanol–water partition coefficient (Wildman–Crippen LogP) is 4.62. The van der Waals surface area contributed by atoms with Gasteiger partial charge in [-0.1, -0.05) is 31.9 Å². The lowest BCUT2D eigenvalue weighted by Crippen LogP contribution is -2.43. The molecule has 0 radical (unpaired) electrons. The summed E-state index contributed by atoms with van der Waals surface area (Å²) in [5.41, 5.74) is 1.75. The standard InChI is InChI=1S/C23H25FN2O2/c1-15-14-20(15)22(28)25-19-10-4-16(5-11-19)21(27)26-23(12-2-3-13-23)17-6-8-18(24)9-7-17/h4-11,15,20H,2-3,12-14H2,1H3,(H,25,28)(H,26,27). The van der Waals surface area contributed by atoms with Crippen LogP contribution in [0.25, 0.3) is 0 Å². The molecule has 2 atom stereocenters. The van der Waals surface area contributed by atoms with E-state index in [2.05, 4.69) is 17.6 Å². The lowest BCUT2D eigenvalue weighted by molar-refractivity contribution is -0.117. The fourth-order valence-electron chi connectivity index (χ4n) is 4.15. The Morgan fingerprint density at radius 3 is 2.18 bits per heavy atom. The molecule has 0 aromatic heterocycles. The first kappa shape index (κ1) is 18.7. The Morgan fingerprint density at radius 1 is 1.00 bits per heavy atom. The van der Waals surface area contributed by atoms with Gasteiger partial charge in [-0.25, -0.2) is 4.39 Å². The molecule has 5 heteroatoms. The molecular weight excluding hydrogens is 355 g/mol. The number of rotatable bonds is 5. The van der Waals surface area contributed by atoms with Crippen molar-refractivity contribution in [1.82, 2.24) is 5.32 Å². The van der Waals surface area contributed by atoms with E-state index in [1.54, 1.807) is 36.4 Å². The lowest BCUT2D eigenvalue weighted by Gasteiger charge is -2.31. The van der Waals surface area contributed by atoms with Gasteiger partial charge in [0.25, 0.3) is 5.91 Å². The number of carbonyl (C=O) groups excluding carboxylic acids is 2. The second-order valence-corrected chi connectivity index (χ2v) is 8.14. The molecule has 0 saturated heterocycles. The van der Waals surface area contributed by atoms with Gasteiger partial charge in [0.05, 0.1) is 5.54 Å². The van der Waals surface area contributed by atoms with Crippen LogP contribution in [-0.4, -0.2) is 11.8 Å². The van der Waals surface area contributed by atoms with Gasteiger partial charge in [0, 0.05) is 17.2 Å². The van der Waals surface area contributed by atoms with Crippen molar-refractivity contribution in [3.63, 3.8) is 0 Å². The highest BCUT2D eigenvalue weighted by atomic mass is 19.1. The zero-order valence-corrected chi connectivity index (χ0v) is 16.0. The van der Waals surface area contributed by atoms with Crippen molar-refractivity contribution in [1.29, 1.82) is 0 Å². The SMILES string of the molecule is CC1CC1C(=O)Nc1ccc(C(=O)NC2(c3ccc(F)cc3)CCCC2)cc1. The van der Waals surface area contributed by atoms with Gasteiger partial charge in [0.15, 0.2) is 0 Å². The molecule has 2 aromatic rings. The number of halogens is 1. The van der Waals surface area contributed by atoms with Crippen LogP contribution in [0.5, 0.6) is 0 Å². The molecule has 0 spiro atoms. The maximum atomic E-state index is 13.3. The van der Waals surface area contributed by atoms with E-state index in [9.17, 15) is 14.0 Å². The Bertz CT molecular complexity index is 870. The summed E-state index contributed by atoms with van der Waals surface area (Å²) in [6.07, 6.45) is 4.69. The fourth-order valence-corrected chi connectivity index (χ4v) is 4.15. The molecule has 0 bridgehead atoms. The molecule has 0 aliphatic heterocycles. The molecule has 2 amide bonds. The Balaban J connectivity index is 1.46. The lowest BCUT2D eigenvalue weighted by atomic mass is 9.87. The van der Waals surface area contributed by atoms with Crippen molar-refractivity contribution in [2.75, 3.05) is 5.32 Å².